The summed E-state index contributed by atoms with van der Waals surface area (Å²) >= 11 is 0. The zero-order chi connectivity index (χ0) is 77.4. The van der Waals surface area contributed by atoms with Gasteiger partial charge in [0.05, 0.1) is 26.4 Å². The van der Waals surface area contributed by atoms with E-state index in [0.717, 1.165) is 135 Å². The Hall–Kier alpha value is -6.88. The van der Waals surface area contributed by atoms with E-state index < -0.39 is 97.5 Å². The maximum atomic E-state index is 13.1. The van der Waals surface area contributed by atoms with E-state index in [-0.39, 0.29) is 25.7 Å². The fourth-order valence-corrected chi connectivity index (χ4v) is 10.5. The van der Waals surface area contributed by atoms with Crippen molar-refractivity contribution in [3.63, 3.8) is 0 Å². The van der Waals surface area contributed by atoms with Crippen LogP contribution in [0.25, 0.3) is 0 Å². The van der Waals surface area contributed by atoms with Crippen LogP contribution >= 0.6 is 15.6 Å². The van der Waals surface area contributed by atoms with Gasteiger partial charge >= 0.3 is 39.5 Å². The van der Waals surface area contributed by atoms with E-state index in [4.69, 9.17) is 37.0 Å². The SMILES string of the molecule is CC/C=C\C/C=C\C/C=C\C/C=C\C/C=C\C/C=C\CCC(=O)OCC(COP(=O)(O)OCC(O)COP(=O)(O)OCC(COC(=O)CCCC/C=C\C/C=C\C/C=C\C/C=C\CC)OC(=O)CCCC/C=C\C/C=C\C/C=C\C/C=C\CC)OC(=O)CCC/C=C\C/C=C\C/C=C\C/C=C\C/C=C\CC. The number of aliphatic hydroxyl groups is 1. The molecule has 0 aromatic rings. The van der Waals surface area contributed by atoms with Crippen LogP contribution < -0.4 is 0 Å². The molecule has 0 aliphatic heterocycles. The third-order valence-electron chi connectivity index (χ3n) is 14.6. The molecule has 5 atom stereocenters. The van der Waals surface area contributed by atoms with Crippen LogP contribution in [0.2, 0.25) is 0 Å². The van der Waals surface area contributed by atoms with Gasteiger partial charge in [-0.3, -0.25) is 37.3 Å². The van der Waals surface area contributed by atoms with Gasteiger partial charge in [-0.25, -0.2) is 9.13 Å². The maximum Gasteiger partial charge on any atom is 0.472 e. The smallest absolute Gasteiger partial charge is 0.462 e. The zero-order valence-electron chi connectivity index (χ0n) is 64.5. The van der Waals surface area contributed by atoms with Crippen molar-refractivity contribution in [2.45, 2.75) is 251 Å². The first-order chi connectivity index (χ1) is 51.7. The van der Waals surface area contributed by atoms with E-state index in [1.165, 1.54) is 0 Å². The van der Waals surface area contributed by atoms with E-state index in [0.29, 0.717) is 44.9 Å². The number of rotatable bonds is 69. The molecule has 0 aromatic heterocycles. The first kappa shape index (κ1) is 99.1. The van der Waals surface area contributed by atoms with E-state index in [2.05, 4.69) is 222 Å². The topological polar surface area (TPSA) is 237 Å². The molecular formula is C87H132O17P2. The van der Waals surface area contributed by atoms with Crippen molar-refractivity contribution in [3.8, 4) is 0 Å². The number of esters is 4. The molecule has 0 heterocycles. The summed E-state index contributed by atoms with van der Waals surface area (Å²) in [7, 11) is -10.1. The summed E-state index contributed by atoms with van der Waals surface area (Å²) in [5.41, 5.74) is 0. The molecule has 5 unspecified atom stereocenters. The quantitative estimate of drug-likeness (QED) is 0.0169. The average molecular weight is 1510 g/mol. The van der Waals surface area contributed by atoms with Gasteiger partial charge < -0.3 is 33.8 Å². The Bertz CT molecular complexity index is 2930. The summed E-state index contributed by atoms with van der Waals surface area (Å²) in [6.45, 7) is 4.10. The Kier molecular flexibility index (Phi) is 71.4. The second-order valence-corrected chi connectivity index (χ2v) is 27.3. The van der Waals surface area contributed by atoms with E-state index in [9.17, 15) is 43.2 Å². The van der Waals surface area contributed by atoms with E-state index >= 15 is 0 Å². The largest absolute Gasteiger partial charge is 0.472 e. The molecule has 17 nitrogen and oxygen atoms in total. The van der Waals surface area contributed by atoms with Crippen molar-refractivity contribution in [1.82, 2.24) is 0 Å². The highest BCUT2D eigenvalue weighted by Gasteiger charge is 2.30. The number of carbonyl (C=O) groups excluding carboxylic acids is 4. The number of phosphoric acid groups is 2. The molecule has 3 N–H and O–H groups in total. The molecule has 0 saturated carbocycles. The highest BCUT2D eigenvalue weighted by atomic mass is 31.2. The monoisotopic (exact) mass is 1510 g/mol. The molecule has 0 aliphatic rings. The highest BCUT2D eigenvalue weighted by molar-refractivity contribution is 7.47. The van der Waals surface area contributed by atoms with Crippen LogP contribution in [0.4, 0.5) is 0 Å². The van der Waals surface area contributed by atoms with Crippen molar-refractivity contribution in [2.75, 3.05) is 39.6 Å². The minimum atomic E-state index is -5.03. The van der Waals surface area contributed by atoms with Gasteiger partial charge in [-0.05, 0) is 180 Å². The minimum Gasteiger partial charge on any atom is -0.462 e. The second-order valence-electron chi connectivity index (χ2n) is 24.4. The fourth-order valence-electron chi connectivity index (χ4n) is 8.91. The lowest BCUT2D eigenvalue weighted by Crippen LogP contribution is -2.30. The van der Waals surface area contributed by atoms with Gasteiger partial charge in [0.1, 0.15) is 19.3 Å². The van der Waals surface area contributed by atoms with Gasteiger partial charge in [-0.15, -0.1) is 0 Å². The van der Waals surface area contributed by atoms with Gasteiger partial charge in [-0.1, -0.05) is 259 Å². The minimum absolute atomic E-state index is 0.0113. The van der Waals surface area contributed by atoms with Crippen LogP contribution in [-0.4, -0.2) is 96.7 Å². The molecule has 0 aliphatic carbocycles. The molecule has 592 valence electrons. The van der Waals surface area contributed by atoms with Gasteiger partial charge in [0.2, 0.25) is 0 Å². The fraction of sp³-hybridized carbons (Fsp3) is 0.517. The van der Waals surface area contributed by atoms with E-state index in [1.807, 2.05) is 36.5 Å². The lowest BCUT2D eigenvalue weighted by atomic mass is 10.1. The van der Waals surface area contributed by atoms with Crippen LogP contribution in [0.1, 0.15) is 233 Å². The number of hydrogen-bond donors (Lipinski definition) is 3. The van der Waals surface area contributed by atoms with E-state index in [1.54, 1.807) is 0 Å². The lowest BCUT2D eigenvalue weighted by molar-refractivity contribution is -0.161. The number of allylic oxidation sites excluding steroid dienone is 38. The predicted octanol–water partition coefficient (Wildman–Crippen LogP) is 22.7. The summed E-state index contributed by atoms with van der Waals surface area (Å²) < 4.78 is 68.3. The maximum absolute atomic E-state index is 13.1. The first-order valence-corrected chi connectivity index (χ1v) is 41.6. The Morgan fingerprint density at radius 3 is 0.764 bits per heavy atom. The van der Waals surface area contributed by atoms with Crippen LogP contribution in [-0.2, 0) is 65.4 Å². The lowest BCUT2D eigenvalue weighted by Gasteiger charge is -2.21. The number of carbonyl (C=O) groups is 4. The standard InChI is InChI=1S/C87H132O17P2/c1-5-9-13-17-21-25-29-33-37-39-40-42-45-48-52-56-60-64-68-72-85(90)98-78-83(104-87(92)74-70-66-62-58-54-50-46-41-38-34-30-26-22-18-14-10-6-2)80-102-106(95,96)100-76-81(88)75-99-105(93,94)101-79-82(103-86(91)73-69-65-61-57-53-49-44-36-32-28-24-20-16-12-8-4)77-97-84(89)71-67-63-59-55-51-47-43-35-31-27-23-19-15-11-7-3/h9-16,21-28,33-38,40,42-44,46,48,50-53,55,57-58,60,62,64,81-83,88H,5-8,17-20,29-32,39,41,45,47,49,54,56,59,61,63,65-80H2,1-4H3,(H,93,94)(H,95,96)/b13-9-,14-10-,15-11-,16-12-,25-21-,26-22-,27-23-,28-24-,37-33-,38-34-,42-40-,43-35-,44-36-,50-46-,52-48-,55-51-,57-53-,62-58-,64-60-. The van der Waals surface area contributed by atoms with Crippen LogP contribution in [0.5, 0.6) is 0 Å². The second kappa shape index (κ2) is 76.3. The van der Waals surface area contributed by atoms with Crippen LogP contribution in [0.15, 0.2) is 231 Å². The predicted molar refractivity (Wildman–Crippen MR) is 435 cm³/mol. The number of aliphatic hydroxyl groups excluding tert-OH is 1. The van der Waals surface area contributed by atoms with Crippen LogP contribution in [0.3, 0.4) is 0 Å². The summed E-state index contributed by atoms with van der Waals surface area (Å²) in [4.78, 5) is 72.9. The number of ether oxygens (including phenoxy) is 4. The molecule has 0 amide bonds. The molecule has 0 rings (SSSR count). The molecule has 0 aromatic carbocycles. The molecule has 0 radical (unpaired) electrons. The van der Waals surface area contributed by atoms with Crippen LogP contribution in [0, 0.1) is 0 Å². The molecule has 0 fully saturated rings. The highest BCUT2D eigenvalue weighted by Crippen LogP contribution is 2.45. The number of hydrogen-bond acceptors (Lipinski definition) is 15. The summed E-state index contributed by atoms with van der Waals surface area (Å²) in [5, 5.41) is 10.6. The third kappa shape index (κ3) is 75.4. The first-order valence-electron chi connectivity index (χ1n) is 38.6. The molecule has 0 saturated heterocycles. The molecular weight excluding hydrogens is 1380 g/mol. The Morgan fingerprint density at radius 2 is 0.481 bits per heavy atom. The molecule has 19 heteroatoms. The number of unbranched alkanes of at least 4 members (excludes halogenated alkanes) is 5. The summed E-state index contributed by atoms with van der Waals surface area (Å²) in [6.07, 6.45) is 97.9. The average Bonchev–Trinajstić information content (AvgIpc) is 0.902. The Balaban J connectivity index is 5.59. The normalized spacial score (nSPS) is 15.1. The van der Waals surface area contributed by atoms with Crippen molar-refractivity contribution >= 4 is 39.5 Å². The van der Waals surface area contributed by atoms with Crippen molar-refractivity contribution in [3.05, 3.63) is 231 Å². The van der Waals surface area contributed by atoms with Gasteiger partial charge in [0, 0.05) is 25.7 Å². The molecule has 0 spiro atoms. The van der Waals surface area contributed by atoms with Gasteiger partial charge in [0.25, 0.3) is 0 Å². The zero-order valence-corrected chi connectivity index (χ0v) is 66.3. The summed E-state index contributed by atoms with van der Waals surface area (Å²) in [6, 6.07) is 0. The molecule has 0 bridgehead atoms. The summed E-state index contributed by atoms with van der Waals surface area (Å²) in [5.74, 6) is -2.48. The molecule has 106 heavy (non-hydrogen) atoms. The van der Waals surface area contributed by atoms with Gasteiger partial charge in [0.15, 0.2) is 12.2 Å². The number of phosphoric ester groups is 2. The third-order valence-corrected chi connectivity index (χ3v) is 16.5. The van der Waals surface area contributed by atoms with Gasteiger partial charge in [-0.2, -0.15) is 0 Å². The Labute approximate surface area is 638 Å². The van der Waals surface area contributed by atoms with Crippen molar-refractivity contribution in [2.24, 2.45) is 0 Å². The van der Waals surface area contributed by atoms with Crippen molar-refractivity contribution in [1.29, 1.82) is 0 Å². The Morgan fingerprint density at radius 1 is 0.264 bits per heavy atom. The van der Waals surface area contributed by atoms with Crippen molar-refractivity contribution < 1.29 is 80.2 Å².